The first-order chi connectivity index (χ1) is 14.6. The van der Waals surface area contributed by atoms with E-state index in [0.29, 0.717) is 23.4 Å². The number of aryl methyl sites for hydroxylation is 1. The van der Waals surface area contributed by atoms with Crippen molar-refractivity contribution in [3.05, 3.63) is 53.2 Å². The molecule has 2 aromatic heterocycles. The molecule has 3 rings (SSSR count). The largest absolute Gasteiger partial charge is 0.462 e. The van der Waals surface area contributed by atoms with Crippen molar-refractivity contribution in [1.82, 2.24) is 9.61 Å². The molecule has 30 heavy (non-hydrogen) atoms. The van der Waals surface area contributed by atoms with E-state index in [0.717, 1.165) is 17.5 Å². The van der Waals surface area contributed by atoms with Gasteiger partial charge in [-0.15, -0.1) is 0 Å². The lowest BCUT2D eigenvalue weighted by molar-refractivity contribution is 0.0480. The molecule has 7 heteroatoms. The van der Waals surface area contributed by atoms with Crippen LogP contribution in [-0.2, 0) is 15.9 Å². The van der Waals surface area contributed by atoms with Crippen molar-refractivity contribution in [2.24, 2.45) is 0 Å². The summed E-state index contributed by atoms with van der Waals surface area (Å²) in [5.74, 6) is -0.476. The zero-order chi connectivity index (χ0) is 21.7. The molecule has 0 aliphatic heterocycles. The van der Waals surface area contributed by atoms with Gasteiger partial charge in [0, 0.05) is 12.6 Å². The Hall–Kier alpha value is -3.35. The summed E-state index contributed by atoms with van der Waals surface area (Å²) >= 11 is 0. The first-order valence-corrected chi connectivity index (χ1v) is 10.2. The fraction of sp³-hybridized carbons (Fsp3) is 0.348. The molecule has 0 bridgehead atoms. The van der Waals surface area contributed by atoms with Crippen molar-refractivity contribution in [3.63, 3.8) is 0 Å². The Morgan fingerprint density at radius 1 is 1.00 bits per heavy atom. The third-order valence-corrected chi connectivity index (χ3v) is 4.77. The van der Waals surface area contributed by atoms with Gasteiger partial charge in [-0.2, -0.15) is 5.10 Å². The average Bonchev–Trinajstić information content (AvgIpc) is 3.08. The Morgan fingerprint density at radius 2 is 1.63 bits per heavy atom. The van der Waals surface area contributed by atoms with Crippen molar-refractivity contribution >= 4 is 23.3 Å². The van der Waals surface area contributed by atoms with Gasteiger partial charge in [-0.3, -0.25) is 0 Å². The van der Waals surface area contributed by atoms with Gasteiger partial charge in [-0.1, -0.05) is 43.7 Å². The normalized spacial score (nSPS) is 10.8. The van der Waals surface area contributed by atoms with Crippen molar-refractivity contribution in [2.75, 3.05) is 25.6 Å². The average molecular weight is 409 g/mol. The molecule has 0 saturated carbocycles. The highest BCUT2D eigenvalue weighted by Gasteiger charge is 2.32. The molecule has 1 N–H and O–H groups in total. The zero-order valence-electron chi connectivity index (χ0n) is 17.8. The van der Waals surface area contributed by atoms with Gasteiger partial charge in [0.15, 0.2) is 0 Å². The van der Waals surface area contributed by atoms with Gasteiger partial charge in [0.2, 0.25) is 0 Å². The quantitative estimate of drug-likeness (QED) is 0.557. The Kier molecular flexibility index (Phi) is 6.72. The SMILES string of the molecule is CCCc1c(C(=O)OCC)c(C(=O)OCC)c2c(-c3ccccc3)cc(NC)nn12. The molecule has 0 atom stereocenters. The van der Waals surface area contributed by atoms with Crippen LogP contribution in [0.25, 0.3) is 16.6 Å². The summed E-state index contributed by atoms with van der Waals surface area (Å²) in [5.41, 5.74) is 3.31. The first-order valence-electron chi connectivity index (χ1n) is 10.2. The van der Waals surface area contributed by atoms with E-state index in [1.54, 1.807) is 25.4 Å². The smallest absolute Gasteiger partial charge is 0.341 e. The first kappa shape index (κ1) is 21.4. The Bertz CT molecular complexity index is 1060. The Morgan fingerprint density at radius 3 is 2.20 bits per heavy atom. The van der Waals surface area contributed by atoms with E-state index in [2.05, 4.69) is 10.4 Å². The fourth-order valence-electron chi connectivity index (χ4n) is 3.56. The molecule has 0 spiro atoms. The van der Waals surface area contributed by atoms with E-state index in [9.17, 15) is 9.59 Å². The molecule has 0 aliphatic rings. The molecule has 3 aromatic rings. The third-order valence-electron chi connectivity index (χ3n) is 4.77. The number of carbonyl (C=O) groups is 2. The molecule has 158 valence electrons. The summed E-state index contributed by atoms with van der Waals surface area (Å²) in [5, 5.41) is 7.73. The highest BCUT2D eigenvalue weighted by Crippen LogP contribution is 2.35. The standard InChI is InChI=1S/C23H27N3O4/c1-5-11-17-19(22(27)29-6-2)20(23(28)30-7-3)21-16(15-12-9-8-10-13-15)14-18(24-4)25-26(17)21/h8-10,12-14H,5-7,11H2,1-4H3,(H,24,25). The molecular weight excluding hydrogens is 382 g/mol. The number of esters is 2. The second-order valence-electron chi connectivity index (χ2n) is 6.71. The van der Waals surface area contributed by atoms with Crippen molar-refractivity contribution in [2.45, 2.75) is 33.6 Å². The second-order valence-corrected chi connectivity index (χ2v) is 6.71. The number of carbonyl (C=O) groups excluding carboxylic acids is 2. The van der Waals surface area contributed by atoms with Crippen LogP contribution in [0.5, 0.6) is 0 Å². The van der Waals surface area contributed by atoms with Crippen LogP contribution in [0.3, 0.4) is 0 Å². The number of anilines is 1. The Balaban J connectivity index is 2.49. The summed E-state index contributed by atoms with van der Waals surface area (Å²) in [6.07, 6.45) is 1.33. The number of hydrogen-bond donors (Lipinski definition) is 1. The summed E-state index contributed by atoms with van der Waals surface area (Å²) in [7, 11) is 1.78. The van der Waals surface area contributed by atoms with Crippen LogP contribution < -0.4 is 5.32 Å². The van der Waals surface area contributed by atoms with Crippen LogP contribution in [0.4, 0.5) is 5.82 Å². The van der Waals surface area contributed by atoms with Crippen LogP contribution in [-0.4, -0.2) is 41.8 Å². The van der Waals surface area contributed by atoms with E-state index < -0.39 is 11.9 Å². The molecule has 0 fully saturated rings. The van der Waals surface area contributed by atoms with E-state index in [-0.39, 0.29) is 24.3 Å². The maximum Gasteiger partial charge on any atom is 0.341 e. The molecule has 0 aliphatic carbocycles. The maximum atomic E-state index is 13.1. The monoisotopic (exact) mass is 409 g/mol. The number of benzene rings is 1. The highest BCUT2D eigenvalue weighted by atomic mass is 16.5. The highest BCUT2D eigenvalue weighted by molar-refractivity contribution is 6.12. The number of nitrogens with zero attached hydrogens (tertiary/aromatic N) is 2. The van der Waals surface area contributed by atoms with Crippen LogP contribution >= 0.6 is 0 Å². The lowest BCUT2D eigenvalue weighted by Crippen LogP contribution is -2.14. The van der Waals surface area contributed by atoms with Crippen LogP contribution in [0.1, 0.15) is 53.6 Å². The van der Waals surface area contributed by atoms with Gasteiger partial charge in [-0.05, 0) is 31.9 Å². The third kappa shape index (κ3) is 3.87. The molecule has 0 saturated heterocycles. The fourth-order valence-corrected chi connectivity index (χ4v) is 3.56. The molecule has 0 amide bonds. The summed E-state index contributed by atoms with van der Waals surface area (Å²) in [6, 6.07) is 11.6. The van der Waals surface area contributed by atoms with Crippen LogP contribution in [0.2, 0.25) is 0 Å². The molecule has 1 aromatic carbocycles. The number of fused-ring (bicyclic) bond motifs is 1. The lowest BCUT2D eigenvalue weighted by Gasteiger charge is -2.11. The number of nitrogens with one attached hydrogen (secondary N) is 1. The van der Waals surface area contributed by atoms with E-state index >= 15 is 0 Å². The molecule has 0 unspecified atom stereocenters. The van der Waals surface area contributed by atoms with Gasteiger partial charge in [-0.25, -0.2) is 14.1 Å². The number of hydrogen-bond acceptors (Lipinski definition) is 6. The number of aromatic nitrogens is 2. The minimum Gasteiger partial charge on any atom is -0.462 e. The van der Waals surface area contributed by atoms with Gasteiger partial charge in [0.05, 0.1) is 30.0 Å². The van der Waals surface area contributed by atoms with Crippen LogP contribution in [0, 0.1) is 0 Å². The van der Waals surface area contributed by atoms with Crippen molar-refractivity contribution in [3.8, 4) is 11.1 Å². The minimum atomic E-state index is -0.559. The molecular formula is C23H27N3O4. The van der Waals surface area contributed by atoms with Gasteiger partial charge < -0.3 is 14.8 Å². The molecule has 2 heterocycles. The van der Waals surface area contributed by atoms with Crippen molar-refractivity contribution < 1.29 is 19.1 Å². The van der Waals surface area contributed by atoms with Gasteiger partial charge >= 0.3 is 11.9 Å². The van der Waals surface area contributed by atoms with Crippen molar-refractivity contribution in [1.29, 1.82) is 0 Å². The summed E-state index contributed by atoms with van der Waals surface area (Å²) in [6.45, 7) is 5.90. The molecule has 7 nitrogen and oxygen atoms in total. The minimum absolute atomic E-state index is 0.199. The topological polar surface area (TPSA) is 81.9 Å². The predicted octanol–water partition coefficient (Wildman–Crippen LogP) is 4.35. The summed E-state index contributed by atoms with van der Waals surface area (Å²) < 4.78 is 12.3. The second kappa shape index (κ2) is 9.43. The molecule has 0 radical (unpaired) electrons. The number of rotatable bonds is 8. The van der Waals surface area contributed by atoms with Gasteiger partial charge in [0.25, 0.3) is 0 Å². The van der Waals surface area contributed by atoms with E-state index in [1.165, 1.54) is 0 Å². The van der Waals surface area contributed by atoms with Gasteiger partial charge in [0.1, 0.15) is 11.4 Å². The Labute approximate surface area is 176 Å². The number of ether oxygens (including phenoxy) is 2. The summed E-state index contributed by atoms with van der Waals surface area (Å²) in [4.78, 5) is 26.0. The van der Waals surface area contributed by atoms with E-state index in [1.807, 2.05) is 43.3 Å². The zero-order valence-corrected chi connectivity index (χ0v) is 17.8. The van der Waals surface area contributed by atoms with Crippen LogP contribution in [0.15, 0.2) is 36.4 Å². The predicted molar refractivity (Wildman–Crippen MR) is 116 cm³/mol. The van der Waals surface area contributed by atoms with E-state index in [4.69, 9.17) is 9.47 Å². The maximum absolute atomic E-state index is 13.1. The lowest BCUT2D eigenvalue weighted by atomic mass is 10.0.